The van der Waals surface area contributed by atoms with Crippen molar-refractivity contribution in [2.75, 3.05) is 27.2 Å². The summed E-state index contributed by atoms with van der Waals surface area (Å²) in [4.78, 5) is 21.3. The highest BCUT2D eigenvalue weighted by Gasteiger charge is 2.29. The summed E-state index contributed by atoms with van der Waals surface area (Å²) in [7, 11) is 4.02. The van der Waals surface area contributed by atoms with Crippen LogP contribution in [0.1, 0.15) is 35.6 Å². The van der Waals surface area contributed by atoms with Crippen LogP contribution in [0.3, 0.4) is 0 Å². The van der Waals surface area contributed by atoms with Crippen LogP contribution >= 0.6 is 0 Å². The predicted molar refractivity (Wildman–Crippen MR) is 104 cm³/mol. The van der Waals surface area contributed by atoms with Gasteiger partial charge in [0.1, 0.15) is 0 Å². The monoisotopic (exact) mass is 352 g/mol. The molecule has 3 rings (SSSR count). The molecular formula is C21H28N4O. The molecule has 0 unspecified atom stereocenters. The van der Waals surface area contributed by atoms with Crippen LogP contribution in [0.4, 0.5) is 4.79 Å². The van der Waals surface area contributed by atoms with E-state index in [-0.39, 0.29) is 12.1 Å². The number of pyridine rings is 1. The number of carbonyl (C=O) groups excluding carboxylic acids is 1. The average Bonchev–Trinajstić information content (AvgIpc) is 2.66. The molecule has 0 saturated carbocycles. The summed E-state index contributed by atoms with van der Waals surface area (Å²) in [6, 6.07) is 12.6. The first-order valence-electron chi connectivity index (χ1n) is 9.31. The van der Waals surface area contributed by atoms with Gasteiger partial charge in [0.2, 0.25) is 0 Å². The van der Waals surface area contributed by atoms with Crippen molar-refractivity contribution in [3.63, 3.8) is 0 Å². The quantitative estimate of drug-likeness (QED) is 0.868. The van der Waals surface area contributed by atoms with Crippen LogP contribution in [0.2, 0.25) is 0 Å². The highest BCUT2D eigenvalue weighted by molar-refractivity contribution is 5.75. The molecule has 1 aromatic heterocycles. The standard InChI is InChI=1S/C21H28N4O/c1-24(2)14-13-23-21(26)25(16-17-7-6-12-22-15-17)20-11-5-9-18-8-3-4-10-19(18)20/h3-4,6-8,10,12,15,20H,5,9,11,13-14,16H2,1-2H3,(H,23,26)/t20-/m0/s1. The molecule has 5 nitrogen and oxygen atoms in total. The molecular weight excluding hydrogens is 324 g/mol. The van der Waals surface area contributed by atoms with Crippen molar-refractivity contribution in [1.82, 2.24) is 20.1 Å². The molecule has 1 aromatic carbocycles. The Bertz CT molecular complexity index is 717. The Morgan fingerprint density at radius 2 is 2.08 bits per heavy atom. The zero-order valence-electron chi connectivity index (χ0n) is 15.7. The van der Waals surface area contributed by atoms with Crippen LogP contribution in [0, 0.1) is 0 Å². The number of nitrogens with one attached hydrogen (secondary N) is 1. The number of carbonyl (C=O) groups is 1. The first-order valence-corrected chi connectivity index (χ1v) is 9.31. The highest BCUT2D eigenvalue weighted by atomic mass is 16.2. The highest BCUT2D eigenvalue weighted by Crippen LogP contribution is 2.35. The zero-order chi connectivity index (χ0) is 18.4. The van der Waals surface area contributed by atoms with Crippen LogP contribution in [0.25, 0.3) is 0 Å². The third kappa shape index (κ3) is 4.61. The van der Waals surface area contributed by atoms with Gasteiger partial charge >= 0.3 is 6.03 Å². The maximum absolute atomic E-state index is 13.0. The summed E-state index contributed by atoms with van der Waals surface area (Å²) in [6.07, 6.45) is 6.81. The first-order chi connectivity index (χ1) is 12.6. The second kappa shape index (κ2) is 8.81. The molecule has 0 radical (unpaired) electrons. The van der Waals surface area contributed by atoms with E-state index in [4.69, 9.17) is 0 Å². The van der Waals surface area contributed by atoms with E-state index in [9.17, 15) is 4.79 Å². The number of likely N-dealkylation sites (N-methyl/N-ethyl adjacent to an activating group) is 1. The zero-order valence-corrected chi connectivity index (χ0v) is 15.7. The lowest BCUT2D eigenvalue weighted by Crippen LogP contribution is -2.44. The molecule has 1 aliphatic rings. The maximum Gasteiger partial charge on any atom is 0.318 e. The Balaban J connectivity index is 1.82. The van der Waals surface area contributed by atoms with E-state index in [0.29, 0.717) is 13.1 Å². The van der Waals surface area contributed by atoms with Gasteiger partial charge in [0.15, 0.2) is 0 Å². The number of rotatable bonds is 6. The Hall–Kier alpha value is -2.40. The van der Waals surface area contributed by atoms with E-state index in [1.54, 1.807) is 6.20 Å². The third-order valence-electron chi connectivity index (χ3n) is 4.89. The van der Waals surface area contributed by atoms with Crippen molar-refractivity contribution in [3.8, 4) is 0 Å². The minimum atomic E-state index is -0.00240. The molecule has 0 spiro atoms. The van der Waals surface area contributed by atoms with Gasteiger partial charge in [-0.25, -0.2) is 4.79 Å². The van der Waals surface area contributed by atoms with Gasteiger partial charge in [0, 0.05) is 32.0 Å². The van der Waals surface area contributed by atoms with E-state index < -0.39 is 0 Å². The molecule has 0 aliphatic heterocycles. The largest absolute Gasteiger partial charge is 0.337 e. The molecule has 5 heteroatoms. The van der Waals surface area contributed by atoms with Crippen molar-refractivity contribution in [2.24, 2.45) is 0 Å². The van der Waals surface area contributed by atoms with Gasteiger partial charge < -0.3 is 15.1 Å². The second-order valence-electron chi connectivity index (χ2n) is 7.13. The molecule has 0 fully saturated rings. The number of hydrogen-bond donors (Lipinski definition) is 1. The van der Waals surface area contributed by atoms with Gasteiger partial charge in [-0.15, -0.1) is 0 Å². The number of amides is 2. The molecule has 1 atom stereocenters. The molecule has 0 bridgehead atoms. The maximum atomic E-state index is 13.0. The van der Waals surface area contributed by atoms with Gasteiger partial charge in [-0.2, -0.15) is 0 Å². The number of hydrogen-bond acceptors (Lipinski definition) is 3. The van der Waals surface area contributed by atoms with Crippen LogP contribution in [0.5, 0.6) is 0 Å². The minimum absolute atomic E-state index is 0.00240. The van der Waals surface area contributed by atoms with Gasteiger partial charge in [-0.05, 0) is 56.1 Å². The average molecular weight is 352 g/mol. The Morgan fingerprint density at radius 3 is 2.85 bits per heavy atom. The van der Waals surface area contributed by atoms with Crippen LogP contribution in [-0.2, 0) is 13.0 Å². The summed E-state index contributed by atoms with van der Waals surface area (Å²) in [5.41, 5.74) is 3.70. The fourth-order valence-corrected chi connectivity index (χ4v) is 3.55. The molecule has 1 heterocycles. The number of nitrogens with zero attached hydrogens (tertiary/aromatic N) is 3. The molecule has 2 amide bonds. The van der Waals surface area contributed by atoms with Gasteiger partial charge in [-0.3, -0.25) is 4.98 Å². The van der Waals surface area contributed by atoms with Crippen LogP contribution < -0.4 is 5.32 Å². The van der Waals surface area contributed by atoms with Crippen molar-refractivity contribution in [2.45, 2.75) is 31.8 Å². The van der Waals surface area contributed by atoms with E-state index in [2.05, 4.69) is 39.5 Å². The number of benzene rings is 1. The second-order valence-corrected chi connectivity index (χ2v) is 7.13. The van der Waals surface area contributed by atoms with Crippen molar-refractivity contribution >= 4 is 6.03 Å². The van der Waals surface area contributed by atoms with Crippen LogP contribution in [0.15, 0.2) is 48.8 Å². The van der Waals surface area contributed by atoms with Gasteiger partial charge in [0.05, 0.1) is 6.04 Å². The van der Waals surface area contributed by atoms with Gasteiger partial charge in [-0.1, -0.05) is 30.3 Å². The molecule has 0 saturated heterocycles. The summed E-state index contributed by atoms with van der Waals surface area (Å²) in [5.74, 6) is 0. The molecule has 1 N–H and O–H groups in total. The smallest absolute Gasteiger partial charge is 0.318 e. The lowest BCUT2D eigenvalue weighted by atomic mass is 9.86. The number of urea groups is 1. The Labute approximate surface area is 156 Å². The van der Waals surface area contributed by atoms with E-state index in [0.717, 1.165) is 31.4 Å². The van der Waals surface area contributed by atoms with Crippen molar-refractivity contribution in [3.05, 3.63) is 65.5 Å². The Morgan fingerprint density at radius 1 is 1.23 bits per heavy atom. The number of aryl methyl sites for hydroxylation is 1. The topological polar surface area (TPSA) is 48.5 Å². The number of fused-ring (bicyclic) bond motifs is 1. The normalized spacial score (nSPS) is 16.2. The lowest BCUT2D eigenvalue weighted by Gasteiger charge is -2.36. The van der Waals surface area contributed by atoms with Crippen molar-refractivity contribution in [1.29, 1.82) is 0 Å². The fourth-order valence-electron chi connectivity index (χ4n) is 3.55. The van der Waals surface area contributed by atoms with E-state index in [1.807, 2.05) is 37.3 Å². The predicted octanol–water partition coefficient (Wildman–Crippen LogP) is 3.23. The summed E-state index contributed by atoms with van der Waals surface area (Å²) in [5, 5.41) is 3.09. The molecule has 138 valence electrons. The van der Waals surface area contributed by atoms with Gasteiger partial charge in [0.25, 0.3) is 0 Å². The summed E-state index contributed by atoms with van der Waals surface area (Å²) in [6.45, 7) is 2.04. The minimum Gasteiger partial charge on any atom is -0.337 e. The van der Waals surface area contributed by atoms with Crippen molar-refractivity contribution < 1.29 is 4.79 Å². The third-order valence-corrected chi connectivity index (χ3v) is 4.89. The van der Waals surface area contributed by atoms with E-state index >= 15 is 0 Å². The SMILES string of the molecule is CN(C)CCNC(=O)N(Cc1cccnc1)[C@H]1CCCc2ccccc21. The molecule has 2 aromatic rings. The van der Waals surface area contributed by atoms with Crippen LogP contribution in [-0.4, -0.2) is 48.0 Å². The van der Waals surface area contributed by atoms with E-state index in [1.165, 1.54) is 11.1 Å². The lowest BCUT2D eigenvalue weighted by molar-refractivity contribution is 0.161. The molecule has 26 heavy (non-hydrogen) atoms. The Kier molecular flexibility index (Phi) is 6.23. The molecule has 1 aliphatic carbocycles. The summed E-state index contributed by atoms with van der Waals surface area (Å²) < 4.78 is 0. The number of aromatic nitrogens is 1. The first kappa shape index (κ1) is 18.4. The summed E-state index contributed by atoms with van der Waals surface area (Å²) >= 11 is 0. The fraction of sp³-hybridized carbons (Fsp3) is 0.429.